The highest BCUT2D eigenvalue weighted by Gasteiger charge is 2.31. The third kappa shape index (κ3) is 6.00. The van der Waals surface area contributed by atoms with Gasteiger partial charge < -0.3 is 23.6 Å². The first-order chi connectivity index (χ1) is 17.7. The number of ether oxygens (including phenoxy) is 1. The number of hydrogen-bond donors (Lipinski definition) is 0. The van der Waals surface area contributed by atoms with Gasteiger partial charge in [0.15, 0.2) is 5.76 Å². The molecule has 0 aliphatic carbocycles. The van der Waals surface area contributed by atoms with Crippen LogP contribution in [0, 0.1) is 0 Å². The van der Waals surface area contributed by atoms with E-state index >= 15 is 0 Å². The Hall–Kier alpha value is -4.12. The number of piperazine rings is 1. The molecule has 1 aliphatic rings. The van der Waals surface area contributed by atoms with E-state index in [1.54, 1.807) is 29.1 Å². The molecule has 0 spiro atoms. The van der Waals surface area contributed by atoms with Crippen LogP contribution in [-0.2, 0) is 6.54 Å². The lowest BCUT2D eigenvalue weighted by atomic mass is 10.1. The van der Waals surface area contributed by atoms with Crippen LogP contribution in [0.5, 0.6) is 5.75 Å². The molecule has 1 fully saturated rings. The Morgan fingerprint density at radius 3 is 2.43 bits per heavy atom. The number of halogens is 3. The molecule has 11 heteroatoms. The van der Waals surface area contributed by atoms with Crippen LogP contribution in [0.4, 0.5) is 19.0 Å². The molecule has 0 amide bonds. The third-order valence-corrected chi connectivity index (χ3v) is 6.15. The molecule has 4 aromatic rings. The molecule has 192 valence electrons. The van der Waals surface area contributed by atoms with E-state index in [4.69, 9.17) is 4.52 Å². The van der Waals surface area contributed by atoms with Gasteiger partial charge in [0.25, 0.3) is 5.56 Å². The van der Waals surface area contributed by atoms with Crippen LogP contribution >= 0.6 is 0 Å². The summed E-state index contributed by atoms with van der Waals surface area (Å²) in [5.74, 6) is 0.993. The Morgan fingerprint density at radius 2 is 1.70 bits per heavy atom. The fraction of sp³-hybridized carbons (Fsp3) is 0.269. The first-order valence-electron chi connectivity index (χ1n) is 11.7. The monoisotopic (exact) mass is 511 g/mol. The topological polar surface area (TPSA) is 76.6 Å². The molecular formula is C26H24F3N5O3. The Morgan fingerprint density at radius 1 is 0.973 bits per heavy atom. The molecule has 0 saturated carbocycles. The van der Waals surface area contributed by atoms with E-state index < -0.39 is 6.36 Å². The van der Waals surface area contributed by atoms with Gasteiger partial charge in [0.1, 0.15) is 17.3 Å². The van der Waals surface area contributed by atoms with Crippen LogP contribution in [0.3, 0.4) is 0 Å². The predicted molar refractivity (Wildman–Crippen MR) is 131 cm³/mol. The van der Waals surface area contributed by atoms with Gasteiger partial charge in [-0.2, -0.15) is 0 Å². The minimum Gasteiger partial charge on any atom is -0.406 e. The summed E-state index contributed by atoms with van der Waals surface area (Å²) in [5.41, 5.74) is 2.43. The molecule has 4 heterocycles. The summed E-state index contributed by atoms with van der Waals surface area (Å²) in [6.45, 7) is 4.09. The van der Waals surface area contributed by atoms with Crippen molar-refractivity contribution >= 4 is 5.82 Å². The maximum absolute atomic E-state index is 12.6. The number of nitrogens with zero attached hydrogens (tertiary/aromatic N) is 5. The molecule has 0 atom stereocenters. The van der Waals surface area contributed by atoms with E-state index in [1.165, 1.54) is 30.3 Å². The molecule has 0 N–H and O–H groups in total. The number of benzene rings is 1. The normalized spacial score (nSPS) is 14.6. The van der Waals surface area contributed by atoms with E-state index in [2.05, 4.69) is 31.7 Å². The van der Waals surface area contributed by atoms with Gasteiger partial charge in [-0.1, -0.05) is 5.16 Å². The lowest BCUT2D eigenvalue weighted by Crippen LogP contribution is -2.44. The van der Waals surface area contributed by atoms with Crippen LogP contribution in [0.25, 0.3) is 22.6 Å². The average Bonchev–Trinajstić information content (AvgIpc) is 3.36. The maximum atomic E-state index is 12.6. The zero-order chi connectivity index (χ0) is 26.0. The van der Waals surface area contributed by atoms with Crippen molar-refractivity contribution in [2.45, 2.75) is 12.9 Å². The summed E-state index contributed by atoms with van der Waals surface area (Å²) in [4.78, 5) is 21.6. The molecule has 0 bridgehead atoms. The molecule has 1 aromatic carbocycles. The van der Waals surface area contributed by atoms with E-state index in [0.717, 1.165) is 37.6 Å². The summed E-state index contributed by atoms with van der Waals surface area (Å²) >= 11 is 0. The molecule has 37 heavy (non-hydrogen) atoms. The zero-order valence-corrected chi connectivity index (χ0v) is 20.0. The first-order valence-corrected chi connectivity index (χ1v) is 11.7. The zero-order valence-electron chi connectivity index (χ0n) is 20.0. The van der Waals surface area contributed by atoms with Crippen molar-refractivity contribution in [2.75, 3.05) is 38.1 Å². The molecule has 0 radical (unpaired) electrons. The van der Waals surface area contributed by atoms with Gasteiger partial charge in [0.05, 0.1) is 6.54 Å². The van der Waals surface area contributed by atoms with Gasteiger partial charge in [0, 0.05) is 61.8 Å². The largest absolute Gasteiger partial charge is 0.573 e. The number of alkyl halides is 3. The van der Waals surface area contributed by atoms with Gasteiger partial charge in [-0.15, -0.1) is 13.2 Å². The van der Waals surface area contributed by atoms with E-state index in [0.29, 0.717) is 29.1 Å². The van der Waals surface area contributed by atoms with E-state index in [1.807, 2.05) is 12.1 Å². The van der Waals surface area contributed by atoms with Gasteiger partial charge >= 0.3 is 6.36 Å². The first kappa shape index (κ1) is 24.6. The van der Waals surface area contributed by atoms with Crippen molar-refractivity contribution in [1.29, 1.82) is 0 Å². The molecular weight excluding hydrogens is 487 g/mol. The lowest BCUT2D eigenvalue weighted by Gasteiger charge is -2.33. The summed E-state index contributed by atoms with van der Waals surface area (Å²) in [6.07, 6.45) is -1.30. The summed E-state index contributed by atoms with van der Waals surface area (Å²) in [5, 5.41) is 4.03. The Labute approximate surface area is 210 Å². The standard InChI is InChI=1S/C26H24F3N5O3/c1-32-10-12-33(13-11-32)24-14-18(8-9-30-24)16-34-17-20(4-7-25(34)35)23-15-22(31-37-23)19-2-5-21(6-3-19)36-26(27,28)29/h2-9,14-15,17H,10-13,16H2,1H3. The SMILES string of the molecule is CN1CCN(c2cc(Cn3cc(-c4cc(-c5ccc(OC(F)(F)F)cc5)no4)ccc3=O)ccn2)CC1. The van der Waals surface area contributed by atoms with Crippen molar-refractivity contribution in [3.63, 3.8) is 0 Å². The van der Waals surface area contributed by atoms with Gasteiger partial charge in [0.2, 0.25) is 0 Å². The molecule has 3 aromatic heterocycles. The number of aromatic nitrogens is 3. The fourth-order valence-corrected chi connectivity index (χ4v) is 4.14. The van der Waals surface area contributed by atoms with E-state index in [-0.39, 0.29) is 11.3 Å². The molecule has 1 saturated heterocycles. The van der Waals surface area contributed by atoms with Crippen LogP contribution in [0.1, 0.15) is 5.56 Å². The lowest BCUT2D eigenvalue weighted by molar-refractivity contribution is -0.274. The average molecular weight is 512 g/mol. The molecule has 8 nitrogen and oxygen atoms in total. The fourth-order valence-electron chi connectivity index (χ4n) is 4.14. The second kappa shape index (κ2) is 10.1. The van der Waals surface area contributed by atoms with Crippen LogP contribution in [0.2, 0.25) is 0 Å². The second-order valence-corrected chi connectivity index (χ2v) is 8.85. The van der Waals surface area contributed by atoms with E-state index in [9.17, 15) is 18.0 Å². The van der Waals surface area contributed by atoms with Crippen LogP contribution in [0.15, 0.2) is 76.3 Å². The molecule has 1 aliphatic heterocycles. The maximum Gasteiger partial charge on any atom is 0.573 e. The third-order valence-electron chi connectivity index (χ3n) is 6.15. The van der Waals surface area contributed by atoms with Gasteiger partial charge in [-0.25, -0.2) is 4.98 Å². The minimum atomic E-state index is -4.76. The Kier molecular flexibility index (Phi) is 6.70. The summed E-state index contributed by atoms with van der Waals surface area (Å²) in [6, 6.07) is 14.0. The van der Waals surface area contributed by atoms with Crippen molar-refractivity contribution < 1.29 is 22.4 Å². The second-order valence-electron chi connectivity index (χ2n) is 8.85. The highest BCUT2D eigenvalue weighted by molar-refractivity contribution is 5.66. The van der Waals surface area contributed by atoms with Gasteiger partial charge in [-0.3, -0.25) is 4.79 Å². The number of rotatable bonds is 6. The van der Waals surface area contributed by atoms with Crippen LogP contribution in [-0.4, -0.2) is 59.2 Å². The number of pyridine rings is 2. The number of likely N-dealkylation sites (N-methyl/N-ethyl adjacent to an activating group) is 1. The van der Waals surface area contributed by atoms with Crippen molar-refractivity contribution in [1.82, 2.24) is 19.6 Å². The van der Waals surface area contributed by atoms with Gasteiger partial charge in [-0.05, 0) is 55.1 Å². The van der Waals surface area contributed by atoms with Crippen molar-refractivity contribution in [2.24, 2.45) is 0 Å². The minimum absolute atomic E-state index is 0.165. The van der Waals surface area contributed by atoms with Crippen LogP contribution < -0.4 is 15.2 Å². The number of anilines is 1. The number of hydrogen-bond acceptors (Lipinski definition) is 7. The highest BCUT2D eigenvalue weighted by atomic mass is 19.4. The predicted octanol–water partition coefficient (Wildman–Crippen LogP) is 4.26. The van der Waals surface area contributed by atoms with Crippen molar-refractivity contribution in [3.8, 4) is 28.3 Å². The highest BCUT2D eigenvalue weighted by Crippen LogP contribution is 2.29. The molecule has 5 rings (SSSR count). The Balaban J connectivity index is 1.33. The van der Waals surface area contributed by atoms with Crippen molar-refractivity contribution in [3.05, 3.63) is 82.9 Å². The smallest absolute Gasteiger partial charge is 0.406 e. The quantitative estimate of drug-likeness (QED) is 0.383. The summed E-state index contributed by atoms with van der Waals surface area (Å²) < 4.78 is 48.1. The summed E-state index contributed by atoms with van der Waals surface area (Å²) in [7, 11) is 2.10. The Bertz CT molecular complexity index is 1420. The molecule has 0 unspecified atom stereocenters.